The number of rotatable bonds is 2. The van der Waals surface area contributed by atoms with Crippen LogP contribution in [0.1, 0.15) is 16.2 Å². The lowest BCUT2D eigenvalue weighted by atomic mass is 10.2. The monoisotopic (exact) mass is 191 g/mol. The lowest BCUT2D eigenvalue weighted by molar-refractivity contribution is 0.0691. The molecule has 4 nitrogen and oxygen atoms in total. The molecular formula is C10H9NO3. The van der Waals surface area contributed by atoms with Crippen molar-refractivity contribution in [1.29, 1.82) is 0 Å². The van der Waals surface area contributed by atoms with Crippen LogP contribution in [-0.2, 0) is 0 Å². The van der Waals surface area contributed by atoms with Gasteiger partial charge in [-0.25, -0.2) is 4.79 Å². The van der Waals surface area contributed by atoms with E-state index in [1.165, 1.54) is 0 Å². The molecule has 0 amide bonds. The number of hydrogen-bond acceptors (Lipinski definition) is 2. The summed E-state index contributed by atoms with van der Waals surface area (Å²) in [6.45, 7) is 1.84. The van der Waals surface area contributed by atoms with Crippen molar-refractivity contribution in [3.63, 3.8) is 0 Å². The largest absolute Gasteiger partial charge is 0.477 e. The molecule has 0 aliphatic carbocycles. The number of nitrogens with one attached hydrogen (secondary N) is 1. The summed E-state index contributed by atoms with van der Waals surface area (Å²) < 4.78 is 5.35. The van der Waals surface area contributed by atoms with Gasteiger partial charge in [-0.2, -0.15) is 0 Å². The van der Waals surface area contributed by atoms with E-state index < -0.39 is 5.97 Å². The number of carboxylic acid groups (broad SMARTS) is 1. The van der Waals surface area contributed by atoms with Crippen LogP contribution >= 0.6 is 0 Å². The van der Waals surface area contributed by atoms with E-state index in [0.717, 1.165) is 11.3 Å². The van der Waals surface area contributed by atoms with Crippen molar-refractivity contribution >= 4 is 5.97 Å². The number of H-pyrrole nitrogens is 1. The van der Waals surface area contributed by atoms with Crippen LogP contribution in [0.25, 0.3) is 11.3 Å². The van der Waals surface area contributed by atoms with E-state index in [2.05, 4.69) is 4.98 Å². The lowest BCUT2D eigenvalue weighted by Crippen LogP contribution is -1.94. The zero-order valence-electron chi connectivity index (χ0n) is 7.57. The third kappa shape index (κ3) is 1.42. The Morgan fingerprint density at radius 3 is 2.79 bits per heavy atom. The van der Waals surface area contributed by atoms with E-state index in [1.807, 2.05) is 19.1 Å². The van der Waals surface area contributed by atoms with Crippen LogP contribution < -0.4 is 0 Å². The number of furan rings is 1. The molecule has 14 heavy (non-hydrogen) atoms. The van der Waals surface area contributed by atoms with Gasteiger partial charge in [0.25, 0.3) is 0 Å². The molecular weight excluding hydrogens is 182 g/mol. The van der Waals surface area contributed by atoms with Gasteiger partial charge >= 0.3 is 5.97 Å². The Morgan fingerprint density at radius 1 is 1.50 bits per heavy atom. The van der Waals surface area contributed by atoms with Crippen molar-refractivity contribution in [1.82, 2.24) is 4.98 Å². The van der Waals surface area contributed by atoms with Crippen LogP contribution in [0.2, 0.25) is 0 Å². The fourth-order valence-corrected chi connectivity index (χ4v) is 1.25. The molecule has 0 unspecified atom stereocenters. The Hall–Kier alpha value is -1.97. The predicted octanol–water partition coefficient (Wildman–Crippen LogP) is 2.28. The van der Waals surface area contributed by atoms with E-state index >= 15 is 0 Å². The van der Waals surface area contributed by atoms with Gasteiger partial charge in [-0.05, 0) is 25.1 Å². The zero-order chi connectivity index (χ0) is 10.1. The van der Waals surface area contributed by atoms with Gasteiger partial charge in [0.05, 0.1) is 0 Å². The number of aromatic carboxylic acids is 1. The highest BCUT2D eigenvalue weighted by Crippen LogP contribution is 2.22. The molecule has 0 saturated heterocycles. The van der Waals surface area contributed by atoms with Gasteiger partial charge in [-0.3, -0.25) is 0 Å². The van der Waals surface area contributed by atoms with Crippen molar-refractivity contribution in [3.8, 4) is 11.3 Å². The summed E-state index contributed by atoms with van der Waals surface area (Å²) in [5.74, 6) is 0.504. The average molecular weight is 191 g/mol. The Kier molecular flexibility index (Phi) is 1.89. The summed E-state index contributed by atoms with van der Waals surface area (Å²) in [7, 11) is 0. The number of aromatic amines is 1. The number of hydrogen-bond donors (Lipinski definition) is 2. The maximum absolute atomic E-state index is 10.6. The number of carbonyl (C=O) groups is 1. The minimum atomic E-state index is -0.973. The summed E-state index contributed by atoms with van der Waals surface area (Å²) in [6.07, 6.45) is 1.61. The quantitative estimate of drug-likeness (QED) is 0.765. The Morgan fingerprint density at radius 2 is 2.29 bits per heavy atom. The first kappa shape index (κ1) is 8.62. The maximum atomic E-state index is 10.6. The van der Waals surface area contributed by atoms with Crippen LogP contribution in [0.3, 0.4) is 0 Å². The fourth-order valence-electron chi connectivity index (χ4n) is 1.25. The van der Waals surface area contributed by atoms with Crippen molar-refractivity contribution in [2.75, 3.05) is 0 Å². The first-order valence-corrected chi connectivity index (χ1v) is 4.15. The van der Waals surface area contributed by atoms with Gasteiger partial charge in [-0.15, -0.1) is 0 Å². The highest BCUT2D eigenvalue weighted by Gasteiger charge is 2.09. The third-order valence-corrected chi connectivity index (χ3v) is 1.94. The van der Waals surface area contributed by atoms with E-state index in [-0.39, 0.29) is 5.69 Å². The second-order valence-electron chi connectivity index (χ2n) is 3.02. The normalized spacial score (nSPS) is 10.4. The molecule has 0 fully saturated rings. The molecule has 2 rings (SSSR count). The van der Waals surface area contributed by atoms with Crippen molar-refractivity contribution in [2.45, 2.75) is 6.92 Å². The Labute approximate surface area is 80.2 Å². The molecule has 2 heterocycles. The molecule has 0 atom stereocenters. The van der Waals surface area contributed by atoms with E-state index in [9.17, 15) is 4.79 Å². The summed E-state index contributed by atoms with van der Waals surface area (Å²) in [6, 6.07) is 5.19. The van der Waals surface area contributed by atoms with Gasteiger partial charge in [0.15, 0.2) is 0 Å². The van der Waals surface area contributed by atoms with Gasteiger partial charge in [0, 0.05) is 11.8 Å². The topological polar surface area (TPSA) is 66.2 Å². The molecule has 2 aromatic rings. The third-order valence-electron chi connectivity index (χ3n) is 1.94. The molecule has 4 heteroatoms. The maximum Gasteiger partial charge on any atom is 0.352 e. The molecule has 0 saturated carbocycles. The lowest BCUT2D eigenvalue weighted by Gasteiger charge is -1.88. The minimum absolute atomic E-state index is 0.161. The van der Waals surface area contributed by atoms with E-state index in [4.69, 9.17) is 9.52 Å². The van der Waals surface area contributed by atoms with Crippen LogP contribution in [0.5, 0.6) is 0 Å². The van der Waals surface area contributed by atoms with Crippen LogP contribution in [0.15, 0.2) is 28.8 Å². The van der Waals surface area contributed by atoms with E-state index in [0.29, 0.717) is 5.76 Å². The molecule has 0 aliphatic rings. The number of aromatic nitrogens is 1. The summed E-state index contributed by atoms with van der Waals surface area (Å²) in [5, 5.41) is 8.69. The smallest absolute Gasteiger partial charge is 0.352 e. The first-order valence-electron chi connectivity index (χ1n) is 4.15. The van der Waals surface area contributed by atoms with E-state index in [1.54, 1.807) is 12.3 Å². The van der Waals surface area contributed by atoms with Crippen LogP contribution in [0, 0.1) is 6.92 Å². The zero-order valence-corrected chi connectivity index (χ0v) is 7.57. The number of aryl methyl sites for hydroxylation is 1. The number of carboxylic acids is 1. The van der Waals surface area contributed by atoms with Gasteiger partial charge in [-0.1, -0.05) is 0 Å². The highest BCUT2D eigenvalue weighted by molar-refractivity contribution is 5.87. The Bertz CT molecular complexity index is 467. The Balaban J connectivity index is 2.38. The molecule has 72 valence electrons. The first-order chi connectivity index (χ1) is 6.66. The van der Waals surface area contributed by atoms with Crippen molar-refractivity contribution in [2.24, 2.45) is 0 Å². The summed E-state index contributed by atoms with van der Waals surface area (Å²) in [4.78, 5) is 13.2. The molecule has 0 aromatic carbocycles. The highest BCUT2D eigenvalue weighted by atomic mass is 16.4. The second-order valence-corrected chi connectivity index (χ2v) is 3.02. The minimum Gasteiger partial charge on any atom is -0.477 e. The molecule has 0 bridgehead atoms. The predicted molar refractivity (Wildman–Crippen MR) is 50.2 cm³/mol. The summed E-state index contributed by atoms with van der Waals surface area (Å²) in [5.41, 5.74) is 0.907. The molecule has 0 aliphatic heterocycles. The van der Waals surface area contributed by atoms with Gasteiger partial charge in [0.1, 0.15) is 17.2 Å². The van der Waals surface area contributed by atoms with Gasteiger partial charge in [0.2, 0.25) is 0 Å². The second kappa shape index (κ2) is 3.06. The van der Waals surface area contributed by atoms with Crippen LogP contribution in [-0.4, -0.2) is 16.1 Å². The summed E-state index contributed by atoms with van der Waals surface area (Å²) >= 11 is 0. The molecule has 0 radical (unpaired) electrons. The molecule has 2 N–H and O–H groups in total. The standard InChI is InChI=1S/C10H9NO3/c1-6-2-3-9(14-6)7-4-8(10(12)13)11-5-7/h2-5,11H,1H3,(H,12,13). The average Bonchev–Trinajstić information content (AvgIpc) is 2.70. The molecule has 0 spiro atoms. The molecule has 2 aromatic heterocycles. The van der Waals surface area contributed by atoms with Gasteiger partial charge < -0.3 is 14.5 Å². The van der Waals surface area contributed by atoms with Crippen molar-refractivity contribution in [3.05, 3.63) is 35.9 Å². The SMILES string of the molecule is Cc1ccc(-c2c[nH]c(C(=O)O)c2)o1. The van der Waals surface area contributed by atoms with Crippen molar-refractivity contribution < 1.29 is 14.3 Å². The van der Waals surface area contributed by atoms with Crippen LogP contribution in [0.4, 0.5) is 0 Å². The fraction of sp³-hybridized carbons (Fsp3) is 0.100.